The number of nitrogens with zero attached hydrogens (tertiary/aromatic N) is 2. The van der Waals surface area contributed by atoms with Crippen molar-refractivity contribution in [1.82, 2.24) is 0 Å². The van der Waals surface area contributed by atoms with Crippen molar-refractivity contribution in [3.8, 4) is 0 Å². The quantitative estimate of drug-likeness (QED) is 0.844. The molecule has 0 aromatic heterocycles. The third-order valence-electron chi connectivity index (χ3n) is 3.54. The van der Waals surface area contributed by atoms with Gasteiger partial charge in [-0.25, -0.2) is 0 Å². The van der Waals surface area contributed by atoms with Gasteiger partial charge in [-0.15, -0.1) is 0 Å². The Kier molecular flexibility index (Phi) is 4.80. The fourth-order valence-corrected chi connectivity index (χ4v) is 2.59. The second-order valence-corrected chi connectivity index (χ2v) is 4.93. The number of rotatable bonds is 4. The average molecular weight is 262 g/mol. The van der Waals surface area contributed by atoms with Gasteiger partial charge in [-0.05, 0) is 31.4 Å². The molecule has 1 amide bonds. The lowest BCUT2D eigenvalue weighted by Gasteiger charge is -2.26. The molecule has 0 spiro atoms. The lowest BCUT2D eigenvalue weighted by atomic mass is 10.2. The van der Waals surface area contributed by atoms with Crippen LogP contribution in [0.2, 0.25) is 0 Å². The number of para-hydroxylation sites is 2. The lowest BCUT2D eigenvalue weighted by Crippen LogP contribution is -2.28. The summed E-state index contributed by atoms with van der Waals surface area (Å²) in [5.74, 6) is 0.102. The van der Waals surface area contributed by atoms with Gasteiger partial charge in [-0.2, -0.15) is 0 Å². The van der Waals surface area contributed by atoms with Gasteiger partial charge in [0.15, 0.2) is 0 Å². The molecule has 1 aliphatic rings. The van der Waals surface area contributed by atoms with E-state index < -0.39 is 0 Å². The van der Waals surface area contributed by atoms with Crippen molar-refractivity contribution in [3.05, 3.63) is 24.3 Å². The predicted molar refractivity (Wildman–Crippen MR) is 77.6 cm³/mol. The predicted octanol–water partition coefficient (Wildman–Crippen LogP) is 2.02. The van der Waals surface area contributed by atoms with E-state index in [9.17, 15) is 4.79 Å². The highest BCUT2D eigenvalue weighted by atomic mass is 16.2. The highest BCUT2D eigenvalue weighted by Crippen LogP contribution is 2.32. The van der Waals surface area contributed by atoms with E-state index in [0.717, 1.165) is 50.3 Å². The molecule has 1 aromatic rings. The van der Waals surface area contributed by atoms with Crippen molar-refractivity contribution in [2.45, 2.75) is 26.2 Å². The van der Waals surface area contributed by atoms with Crippen molar-refractivity contribution in [3.63, 3.8) is 0 Å². The summed E-state index contributed by atoms with van der Waals surface area (Å²) in [5.41, 5.74) is 2.14. The van der Waals surface area contributed by atoms with Gasteiger partial charge in [0, 0.05) is 33.2 Å². The molecule has 0 unspecified atom stereocenters. The zero-order valence-corrected chi connectivity index (χ0v) is 11.5. The van der Waals surface area contributed by atoms with Crippen LogP contribution in [0.1, 0.15) is 26.2 Å². The Balaban J connectivity index is 2.22. The van der Waals surface area contributed by atoms with E-state index in [-0.39, 0.29) is 12.5 Å². The molecular formula is C15H22N2O2. The number of hydrogen-bond donors (Lipinski definition) is 1. The Labute approximate surface area is 114 Å². The second kappa shape index (κ2) is 6.57. The minimum Gasteiger partial charge on any atom is -0.396 e. The van der Waals surface area contributed by atoms with Gasteiger partial charge in [-0.3, -0.25) is 4.79 Å². The van der Waals surface area contributed by atoms with Crippen molar-refractivity contribution in [2.75, 3.05) is 36.0 Å². The number of carbonyl (C=O) groups is 1. The molecular weight excluding hydrogens is 240 g/mol. The number of fused-ring (bicyclic) bond motifs is 1. The number of aliphatic hydroxyl groups is 1. The van der Waals surface area contributed by atoms with Gasteiger partial charge in [0.1, 0.15) is 0 Å². The molecule has 19 heavy (non-hydrogen) atoms. The van der Waals surface area contributed by atoms with Gasteiger partial charge in [0.2, 0.25) is 5.91 Å². The highest BCUT2D eigenvalue weighted by Gasteiger charge is 2.21. The number of aliphatic hydroxyl groups excluding tert-OH is 1. The molecule has 0 bridgehead atoms. The fourth-order valence-electron chi connectivity index (χ4n) is 2.59. The van der Waals surface area contributed by atoms with Crippen LogP contribution in [0.25, 0.3) is 0 Å². The van der Waals surface area contributed by atoms with E-state index in [0.29, 0.717) is 0 Å². The van der Waals surface area contributed by atoms with Crippen LogP contribution in [-0.4, -0.2) is 37.3 Å². The first-order valence-corrected chi connectivity index (χ1v) is 6.97. The number of amides is 1. The van der Waals surface area contributed by atoms with Gasteiger partial charge in [0.25, 0.3) is 0 Å². The van der Waals surface area contributed by atoms with Crippen LogP contribution in [0.4, 0.5) is 11.4 Å². The Morgan fingerprint density at radius 1 is 1.21 bits per heavy atom. The Hall–Kier alpha value is -1.55. The molecule has 1 aliphatic heterocycles. The molecule has 4 nitrogen and oxygen atoms in total. The first-order chi connectivity index (χ1) is 9.24. The van der Waals surface area contributed by atoms with Crippen molar-refractivity contribution < 1.29 is 9.90 Å². The lowest BCUT2D eigenvalue weighted by molar-refractivity contribution is -0.116. The number of benzene rings is 1. The molecule has 1 N–H and O–H groups in total. The van der Waals surface area contributed by atoms with E-state index in [2.05, 4.69) is 11.0 Å². The average Bonchev–Trinajstić information content (AvgIpc) is 2.59. The number of unbranched alkanes of at least 4 members (excludes halogenated alkanes) is 1. The third-order valence-corrected chi connectivity index (χ3v) is 3.54. The first-order valence-electron chi connectivity index (χ1n) is 6.97. The molecule has 0 radical (unpaired) electrons. The second-order valence-electron chi connectivity index (χ2n) is 4.93. The molecule has 0 aliphatic carbocycles. The van der Waals surface area contributed by atoms with Gasteiger partial charge < -0.3 is 14.9 Å². The summed E-state index contributed by atoms with van der Waals surface area (Å²) >= 11 is 0. The van der Waals surface area contributed by atoms with E-state index >= 15 is 0 Å². The normalized spacial score (nSPS) is 15.1. The largest absolute Gasteiger partial charge is 0.396 e. The molecule has 2 rings (SSSR count). The Morgan fingerprint density at radius 2 is 1.95 bits per heavy atom. The molecule has 0 saturated carbocycles. The molecule has 1 heterocycles. The molecule has 1 aromatic carbocycles. The molecule has 4 heteroatoms. The van der Waals surface area contributed by atoms with Gasteiger partial charge >= 0.3 is 0 Å². The van der Waals surface area contributed by atoms with Gasteiger partial charge in [-0.1, -0.05) is 12.1 Å². The van der Waals surface area contributed by atoms with Crippen molar-refractivity contribution in [2.24, 2.45) is 0 Å². The monoisotopic (exact) mass is 262 g/mol. The summed E-state index contributed by atoms with van der Waals surface area (Å²) in [4.78, 5) is 15.9. The Bertz CT molecular complexity index is 434. The maximum atomic E-state index is 11.8. The maximum Gasteiger partial charge on any atom is 0.223 e. The SMILES string of the molecule is CC(=O)N1CCCN(CCCCO)c2ccccc21. The maximum absolute atomic E-state index is 11.8. The van der Waals surface area contributed by atoms with Crippen molar-refractivity contribution in [1.29, 1.82) is 0 Å². The molecule has 104 valence electrons. The Morgan fingerprint density at radius 3 is 2.63 bits per heavy atom. The van der Waals surface area contributed by atoms with Gasteiger partial charge in [0.05, 0.1) is 11.4 Å². The number of anilines is 2. The van der Waals surface area contributed by atoms with E-state index in [1.807, 2.05) is 23.1 Å². The standard InChI is InChI=1S/C15H22N2O2/c1-13(19)17-11-6-10-16(9-4-5-12-18)14-7-2-3-8-15(14)17/h2-3,7-8,18H,4-6,9-12H2,1H3. The minimum atomic E-state index is 0.102. The number of carbonyl (C=O) groups excluding carboxylic acids is 1. The van der Waals surface area contributed by atoms with Crippen LogP contribution < -0.4 is 9.80 Å². The summed E-state index contributed by atoms with van der Waals surface area (Å²) in [5, 5.41) is 8.89. The van der Waals surface area contributed by atoms with Crippen molar-refractivity contribution >= 4 is 17.3 Å². The minimum absolute atomic E-state index is 0.102. The zero-order valence-electron chi connectivity index (χ0n) is 11.5. The van der Waals surface area contributed by atoms with E-state index in [1.165, 1.54) is 0 Å². The van der Waals surface area contributed by atoms with Crippen LogP contribution in [0, 0.1) is 0 Å². The first kappa shape index (κ1) is 13.9. The topological polar surface area (TPSA) is 43.8 Å². The fraction of sp³-hybridized carbons (Fsp3) is 0.533. The van der Waals surface area contributed by atoms with Crippen LogP contribution in [0.15, 0.2) is 24.3 Å². The highest BCUT2D eigenvalue weighted by molar-refractivity contribution is 5.95. The summed E-state index contributed by atoms with van der Waals surface area (Å²) < 4.78 is 0. The molecule has 0 saturated heterocycles. The van der Waals surface area contributed by atoms with Crippen LogP contribution in [0.3, 0.4) is 0 Å². The van der Waals surface area contributed by atoms with Crippen LogP contribution in [-0.2, 0) is 4.79 Å². The summed E-state index contributed by atoms with van der Waals surface area (Å²) in [6, 6.07) is 8.09. The smallest absolute Gasteiger partial charge is 0.223 e. The summed E-state index contributed by atoms with van der Waals surface area (Å²) in [6.45, 7) is 4.55. The van der Waals surface area contributed by atoms with E-state index in [4.69, 9.17) is 5.11 Å². The van der Waals surface area contributed by atoms with E-state index in [1.54, 1.807) is 6.92 Å². The summed E-state index contributed by atoms with van der Waals surface area (Å²) in [6.07, 6.45) is 2.79. The molecule has 0 atom stereocenters. The van der Waals surface area contributed by atoms with Crippen LogP contribution >= 0.6 is 0 Å². The third kappa shape index (κ3) is 3.26. The molecule has 0 fully saturated rings. The summed E-state index contributed by atoms with van der Waals surface area (Å²) in [7, 11) is 0. The van der Waals surface area contributed by atoms with Crippen LogP contribution in [0.5, 0.6) is 0 Å². The number of hydrogen-bond acceptors (Lipinski definition) is 3. The zero-order chi connectivity index (χ0) is 13.7.